The molecule has 6 nitrogen and oxygen atoms in total. The molecule has 2 rings (SSSR count). The van der Waals surface area contributed by atoms with E-state index in [1.807, 2.05) is 39.1 Å². The van der Waals surface area contributed by atoms with E-state index in [4.69, 9.17) is 9.47 Å². The van der Waals surface area contributed by atoms with Crippen LogP contribution in [0.2, 0.25) is 0 Å². The predicted molar refractivity (Wildman–Crippen MR) is 83.9 cm³/mol. The third-order valence-corrected chi connectivity index (χ3v) is 3.44. The smallest absolute Gasteiger partial charge is 0.410 e. The van der Waals surface area contributed by atoms with Crippen molar-refractivity contribution in [2.75, 3.05) is 33.3 Å². The molecule has 0 atom stereocenters. The molecule has 1 aliphatic heterocycles. The summed E-state index contributed by atoms with van der Waals surface area (Å²) in [5, 5.41) is 0. The number of rotatable bonds is 3. The van der Waals surface area contributed by atoms with Crippen molar-refractivity contribution in [3.8, 4) is 5.88 Å². The number of amides is 1. The minimum Gasteiger partial charge on any atom is -0.481 e. The molecular weight excluding hydrogens is 282 g/mol. The number of hydrogen-bond acceptors (Lipinski definition) is 5. The first-order valence-electron chi connectivity index (χ1n) is 7.56. The van der Waals surface area contributed by atoms with Gasteiger partial charge in [-0.15, -0.1) is 0 Å². The fraction of sp³-hybridized carbons (Fsp3) is 0.625. The zero-order valence-electron chi connectivity index (χ0n) is 13.8. The van der Waals surface area contributed by atoms with E-state index < -0.39 is 5.60 Å². The van der Waals surface area contributed by atoms with Gasteiger partial charge in [-0.3, -0.25) is 4.90 Å². The Bertz CT molecular complexity index is 488. The molecular formula is C16H25N3O3. The van der Waals surface area contributed by atoms with Crippen LogP contribution in [0, 0.1) is 0 Å². The summed E-state index contributed by atoms with van der Waals surface area (Å²) in [6.45, 7) is 9.56. The molecule has 0 aromatic carbocycles. The highest BCUT2D eigenvalue weighted by Gasteiger charge is 2.25. The van der Waals surface area contributed by atoms with Crippen molar-refractivity contribution in [2.45, 2.75) is 32.9 Å². The van der Waals surface area contributed by atoms with Gasteiger partial charge < -0.3 is 14.4 Å². The number of piperazine rings is 1. The molecule has 1 fully saturated rings. The molecule has 0 bridgehead atoms. The summed E-state index contributed by atoms with van der Waals surface area (Å²) in [5.74, 6) is 0.624. The van der Waals surface area contributed by atoms with Gasteiger partial charge in [0.15, 0.2) is 0 Å². The highest BCUT2D eigenvalue weighted by Crippen LogP contribution is 2.14. The van der Waals surface area contributed by atoms with Crippen molar-refractivity contribution >= 4 is 6.09 Å². The van der Waals surface area contributed by atoms with Crippen molar-refractivity contribution in [1.29, 1.82) is 0 Å². The second-order valence-corrected chi connectivity index (χ2v) is 6.45. The Morgan fingerprint density at radius 3 is 2.41 bits per heavy atom. The molecule has 1 aromatic heterocycles. The molecule has 0 unspecified atom stereocenters. The number of methoxy groups -OCH3 is 1. The zero-order valence-corrected chi connectivity index (χ0v) is 13.8. The average molecular weight is 307 g/mol. The Hall–Kier alpha value is -1.82. The molecule has 1 saturated heterocycles. The quantitative estimate of drug-likeness (QED) is 0.856. The van der Waals surface area contributed by atoms with E-state index >= 15 is 0 Å². The highest BCUT2D eigenvalue weighted by molar-refractivity contribution is 5.68. The summed E-state index contributed by atoms with van der Waals surface area (Å²) in [6.07, 6.45) is 1.61. The van der Waals surface area contributed by atoms with Crippen LogP contribution in [0.4, 0.5) is 4.79 Å². The number of ether oxygens (including phenoxy) is 2. The summed E-state index contributed by atoms with van der Waals surface area (Å²) in [6, 6.07) is 3.89. The second kappa shape index (κ2) is 6.96. The number of carbonyl (C=O) groups is 1. The largest absolute Gasteiger partial charge is 0.481 e. The highest BCUT2D eigenvalue weighted by atomic mass is 16.6. The molecule has 2 heterocycles. The van der Waals surface area contributed by atoms with E-state index in [1.165, 1.54) is 0 Å². The van der Waals surface area contributed by atoms with Gasteiger partial charge in [-0.1, -0.05) is 6.07 Å². The molecule has 22 heavy (non-hydrogen) atoms. The van der Waals surface area contributed by atoms with Crippen LogP contribution in [0.1, 0.15) is 26.3 Å². The van der Waals surface area contributed by atoms with Crippen LogP contribution in [0.5, 0.6) is 5.88 Å². The topological polar surface area (TPSA) is 54.9 Å². The lowest BCUT2D eigenvalue weighted by atomic mass is 10.2. The molecule has 1 aromatic rings. The van der Waals surface area contributed by atoms with Crippen LogP contribution in [0.25, 0.3) is 0 Å². The summed E-state index contributed by atoms with van der Waals surface area (Å²) >= 11 is 0. The fourth-order valence-electron chi connectivity index (χ4n) is 2.30. The lowest BCUT2D eigenvalue weighted by Crippen LogP contribution is -2.49. The Morgan fingerprint density at radius 2 is 1.91 bits per heavy atom. The van der Waals surface area contributed by atoms with Crippen molar-refractivity contribution in [1.82, 2.24) is 14.8 Å². The summed E-state index contributed by atoms with van der Waals surface area (Å²) in [7, 11) is 1.61. The monoisotopic (exact) mass is 307 g/mol. The molecule has 0 N–H and O–H groups in total. The van der Waals surface area contributed by atoms with Crippen molar-refractivity contribution in [3.63, 3.8) is 0 Å². The molecule has 1 amide bonds. The van der Waals surface area contributed by atoms with Gasteiger partial charge in [0.05, 0.1) is 7.11 Å². The minimum atomic E-state index is -0.441. The summed E-state index contributed by atoms with van der Waals surface area (Å²) in [4.78, 5) is 20.3. The van der Waals surface area contributed by atoms with E-state index in [0.29, 0.717) is 19.0 Å². The van der Waals surface area contributed by atoms with Gasteiger partial charge in [-0.2, -0.15) is 0 Å². The number of pyridine rings is 1. The fourth-order valence-corrected chi connectivity index (χ4v) is 2.30. The average Bonchev–Trinajstić information content (AvgIpc) is 2.47. The van der Waals surface area contributed by atoms with E-state index in [-0.39, 0.29) is 6.09 Å². The molecule has 6 heteroatoms. The van der Waals surface area contributed by atoms with E-state index in [1.54, 1.807) is 12.0 Å². The lowest BCUT2D eigenvalue weighted by molar-refractivity contribution is 0.0139. The molecule has 0 saturated carbocycles. The van der Waals surface area contributed by atoms with Gasteiger partial charge in [0.1, 0.15) is 5.60 Å². The first-order chi connectivity index (χ1) is 10.4. The van der Waals surface area contributed by atoms with Crippen LogP contribution in [0.15, 0.2) is 18.3 Å². The van der Waals surface area contributed by atoms with E-state index in [2.05, 4.69) is 9.88 Å². The Labute approximate surface area is 132 Å². The third-order valence-electron chi connectivity index (χ3n) is 3.44. The number of hydrogen-bond donors (Lipinski definition) is 0. The predicted octanol–water partition coefficient (Wildman–Crippen LogP) is 2.14. The van der Waals surface area contributed by atoms with E-state index in [0.717, 1.165) is 25.2 Å². The number of aromatic nitrogens is 1. The number of carbonyl (C=O) groups excluding carboxylic acids is 1. The normalized spacial score (nSPS) is 16.5. The maximum Gasteiger partial charge on any atom is 0.410 e. The van der Waals surface area contributed by atoms with E-state index in [9.17, 15) is 4.79 Å². The lowest BCUT2D eigenvalue weighted by Gasteiger charge is -2.35. The maximum absolute atomic E-state index is 12.0. The first kappa shape index (κ1) is 16.5. The van der Waals surface area contributed by atoms with Crippen molar-refractivity contribution < 1.29 is 14.3 Å². The van der Waals surface area contributed by atoms with Crippen molar-refractivity contribution in [2.24, 2.45) is 0 Å². The SMILES string of the molecule is COc1ccc(CN2CCN(C(=O)OC(C)(C)C)CC2)cn1. The van der Waals surface area contributed by atoms with Gasteiger partial charge in [-0.05, 0) is 26.3 Å². The second-order valence-electron chi connectivity index (χ2n) is 6.45. The maximum atomic E-state index is 12.0. The van der Waals surface area contributed by atoms with Gasteiger partial charge in [0.2, 0.25) is 5.88 Å². The van der Waals surface area contributed by atoms with Crippen LogP contribution in [-0.2, 0) is 11.3 Å². The van der Waals surface area contributed by atoms with Crippen LogP contribution >= 0.6 is 0 Å². The zero-order chi connectivity index (χ0) is 16.2. The van der Waals surface area contributed by atoms with Crippen LogP contribution in [0.3, 0.4) is 0 Å². The van der Waals surface area contributed by atoms with Gasteiger partial charge >= 0.3 is 6.09 Å². The minimum absolute atomic E-state index is 0.224. The molecule has 122 valence electrons. The molecule has 1 aliphatic rings. The summed E-state index contributed by atoms with van der Waals surface area (Å²) in [5.41, 5.74) is 0.703. The van der Waals surface area contributed by atoms with Gasteiger partial charge in [0.25, 0.3) is 0 Å². The Balaban J connectivity index is 1.80. The standard InChI is InChI=1S/C16H25N3O3/c1-16(2,3)22-15(20)19-9-7-18(8-10-19)12-13-5-6-14(21-4)17-11-13/h5-6,11H,7-10,12H2,1-4H3. The van der Waals surface area contributed by atoms with Gasteiger partial charge in [-0.25, -0.2) is 9.78 Å². The van der Waals surface area contributed by atoms with Crippen molar-refractivity contribution in [3.05, 3.63) is 23.9 Å². The van der Waals surface area contributed by atoms with Crippen LogP contribution < -0.4 is 4.74 Å². The molecule has 0 radical (unpaired) electrons. The molecule has 0 aliphatic carbocycles. The Kier molecular flexibility index (Phi) is 5.24. The van der Waals surface area contributed by atoms with Crippen LogP contribution in [-0.4, -0.2) is 59.8 Å². The molecule has 0 spiro atoms. The first-order valence-corrected chi connectivity index (χ1v) is 7.56. The third kappa shape index (κ3) is 4.87. The number of nitrogens with zero attached hydrogens (tertiary/aromatic N) is 3. The summed E-state index contributed by atoms with van der Waals surface area (Å²) < 4.78 is 10.5. The van der Waals surface area contributed by atoms with Gasteiger partial charge in [0, 0.05) is 45.0 Å². The Morgan fingerprint density at radius 1 is 1.23 bits per heavy atom.